The molecule has 1 N–H and O–H groups in total. The summed E-state index contributed by atoms with van der Waals surface area (Å²) >= 11 is 0. The maximum Gasteiger partial charge on any atom is 0.416 e. The summed E-state index contributed by atoms with van der Waals surface area (Å²) in [6, 6.07) is 6.83. The third-order valence-electron chi connectivity index (χ3n) is 7.90. The van der Waals surface area contributed by atoms with E-state index >= 15 is 0 Å². The third-order valence-corrected chi connectivity index (χ3v) is 9.01. The van der Waals surface area contributed by atoms with Gasteiger partial charge in [0.15, 0.2) is 9.84 Å². The molecule has 2 aliphatic heterocycles. The van der Waals surface area contributed by atoms with Gasteiger partial charge in [-0.3, -0.25) is 9.59 Å². The molecule has 2 aromatic carbocycles. The summed E-state index contributed by atoms with van der Waals surface area (Å²) in [4.78, 5) is 30.4. The van der Waals surface area contributed by atoms with Crippen LogP contribution >= 0.6 is 0 Å². The number of benzene rings is 2. The number of alkyl halides is 3. The van der Waals surface area contributed by atoms with E-state index < -0.39 is 51.3 Å². The van der Waals surface area contributed by atoms with Crippen LogP contribution in [0.2, 0.25) is 0 Å². The Hall–Kier alpha value is -3.66. The van der Waals surface area contributed by atoms with Crippen LogP contribution in [0.4, 0.5) is 23.2 Å². The van der Waals surface area contributed by atoms with Crippen LogP contribution in [-0.4, -0.2) is 57.1 Å². The summed E-state index contributed by atoms with van der Waals surface area (Å²) in [6.07, 6.45) is -1.54. The number of rotatable bonds is 7. The first-order chi connectivity index (χ1) is 19.3. The Kier molecular flexibility index (Phi) is 7.48. The van der Waals surface area contributed by atoms with Gasteiger partial charge in [0.05, 0.1) is 34.1 Å². The SMILES string of the molecule is CS(=O)(=O)c1ccc(N2CC(C#N)C2)c(C(=O)N2CCC[C@@H]2C(=O)N[C@@H](c2ccc(C(F)(F)F)cc2F)C2CC2)c1. The number of nitriles is 1. The van der Waals surface area contributed by atoms with Gasteiger partial charge < -0.3 is 15.1 Å². The highest BCUT2D eigenvalue weighted by molar-refractivity contribution is 7.90. The normalized spacial score (nSPS) is 20.3. The molecular weight excluding hydrogens is 564 g/mol. The van der Waals surface area contributed by atoms with E-state index in [1.54, 1.807) is 4.90 Å². The van der Waals surface area contributed by atoms with Crippen LogP contribution in [-0.2, 0) is 20.8 Å². The van der Waals surface area contributed by atoms with Gasteiger partial charge in [0.25, 0.3) is 5.91 Å². The number of nitrogens with one attached hydrogen (secondary N) is 1. The minimum absolute atomic E-state index is 0.0438. The molecule has 0 bridgehead atoms. The van der Waals surface area contributed by atoms with Crippen molar-refractivity contribution in [1.29, 1.82) is 5.26 Å². The van der Waals surface area contributed by atoms with Gasteiger partial charge in [0.1, 0.15) is 11.9 Å². The van der Waals surface area contributed by atoms with Crippen LogP contribution in [0.25, 0.3) is 0 Å². The number of carbonyl (C=O) groups excluding carboxylic acids is 2. The van der Waals surface area contributed by atoms with Gasteiger partial charge in [-0.2, -0.15) is 18.4 Å². The molecule has 1 aliphatic carbocycles. The number of likely N-dealkylation sites (tertiary alicyclic amines) is 1. The summed E-state index contributed by atoms with van der Waals surface area (Å²) in [6.45, 7) is 0.977. The van der Waals surface area contributed by atoms with Gasteiger partial charge in [-0.05, 0) is 61.9 Å². The molecular formula is C28H28F4N4O4S. The summed E-state index contributed by atoms with van der Waals surface area (Å²) in [7, 11) is -3.65. The van der Waals surface area contributed by atoms with Gasteiger partial charge in [0, 0.05) is 37.1 Å². The highest BCUT2D eigenvalue weighted by Gasteiger charge is 2.41. The highest BCUT2D eigenvalue weighted by Crippen LogP contribution is 2.43. The van der Waals surface area contributed by atoms with Gasteiger partial charge in [0.2, 0.25) is 5.91 Å². The Morgan fingerprint density at radius 2 is 1.80 bits per heavy atom. The van der Waals surface area contributed by atoms with Crippen molar-refractivity contribution >= 4 is 27.3 Å². The second-order valence-electron chi connectivity index (χ2n) is 10.9. The van der Waals surface area contributed by atoms with Crippen LogP contribution < -0.4 is 10.2 Å². The van der Waals surface area contributed by atoms with Crippen molar-refractivity contribution in [2.75, 3.05) is 30.8 Å². The zero-order chi connectivity index (χ0) is 29.7. The molecule has 1 saturated carbocycles. The van der Waals surface area contributed by atoms with Gasteiger partial charge in [-0.25, -0.2) is 12.8 Å². The summed E-state index contributed by atoms with van der Waals surface area (Å²) in [5.74, 6) is -2.53. The maximum atomic E-state index is 14.8. The number of hydrogen-bond acceptors (Lipinski definition) is 6. The number of hydrogen-bond donors (Lipinski definition) is 1. The lowest BCUT2D eigenvalue weighted by Crippen LogP contribution is -2.49. The minimum atomic E-state index is -4.71. The molecule has 2 saturated heterocycles. The molecule has 2 amide bonds. The highest BCUT2D eigenvalue weighted by atomic mass is 32.2. The van der Waals surface area contributed by atoms with Crippen molar-refractivity contribution in [1.82, 2.24) is 10.2 Å². The van der Waals surface area contributed by atoms with Crippen molar-refractivity contribution in [3.8, 4) is 6.07 Å². The molecule has 3 fully saturated rings. The average molecular weight is 593 g/mol. The molecule has 41 heavy (non-hydrogen) atoms. The van der Waals surface area contributed by atoms with E-state index in [1.165, 1.54) is 23.1 Å². The largest absolute Gasteiger partial charge is 0.416 e. The van der Waals surface area contributed by atoms with Gasteiger partial charge in [-0.15, -0.1) is 0 Å². The van der Waals surface area contributed by atoms with E-state index in [4.69, 9.17) is 5.26 Å². The predicted octanol–water partition coefficient (Wildman–Crippen LogP) is 4.08. The zero-order valence-electron chi connectivity index (χ0n) is 22.1. The molecule has 2 atom stereocenters. The molecule has 218 valence electrons. The minimum Gasteiger partial charge on any atom is -0.368 e. The zero-order valence-corrected chi connectivity index (χ0v) is 22.9. The summed E-state index contributed by atoms with van der Waals surface area (Å²) < 4.78 is 78.5. The molecule has 0 radical (unpaired) electrons. The Balaban J connectivity index is 1.40. The Morgan fingerprint density at radius 1 is 1.10 bits per heavy atom. The van der Waals surface area contributed by atoms with Crippen LogP contribution in [0.15, 0.2) is 41.3 Å². The van der Waals surface area contributed by atoms with E-state index in [1.807, 2.05) is 0 Å². The quantitative estimate of drug-likeness (QED) is 0.486. The number of sulfone groups is 1. The maximum absolute atomic E-state index is 14.8. The predicted molar refractivity (Wildman–Crippen MR) is 140 cm³/mol. The van der Waals surface area contributed by atoms with E-state index in [9.17, 15) is 35.6 Å². The molecule has 8 nitrogen and oxygen atoms in total. The fraction of sp³-hybridized carbons (Fsp3) is 0.464. The van der Waals surface area contributed by atoms with Crippen LogP contribution in [0.3, 0.4) is 0 Å². The second kappa shape index (κ2) is 10.6. The van der Waals surface area contributed by atoms with Crippen molar-refractivity contribution < 1.29 is 35.6 Å². The second-order valence-corrected chi connectivity index (χ2v) is 12.9. The topological polar surface area (TPSA) is 111 Å². The number of anilines is 1. The first kappa shape index (κ1) is 28.9. The van der Waals surface area contributed by atoms with E-state index in [2.05, 4.69) is 11.4 Å². The van der Waals surface area contributed by atoms with Crippen LogP contribution in [0.5, 0.6) is 0 Å². The molecule has 13 heteroatoms. The van der Waals surface area contributed by atoms with Crippen molar-refractivity contribution in [3.05, 3.63) is 58.9 Å². The number of halogens is 4. The van der Waals surface area contributed by atoms with Gasteiger partial charge in [-0.1, -0.05) is 6.07 Å². The lowest BCUT2D eigenvalue weighted by atomic mass is 9.98. The smallest absolute Gasteiger partial charge is 0.368 e. The van der Waals surface area contributed by atoms with Crippen molar-refractivity contribution in [3.63, 3.8) is 0 Å². The Labute approximate surface area is 234 Å². The molecule has 3 aliphatic rings. The van der Waals surface area contributed by atoms with E-state index in [-0.39, 0.29) is 34.4 Å². The van der Waals surface area contributed by atoms with E-state index in [0.29, 0.717) is 50.5 Å². The molecule has 5 rings (SSSR count). The first-order valence-electron chi connectivity index (χ1n) is 13.2. The van der Waals surface area contributed by atoms with Crippen molar-refractivity contribution in [2.45, 2.75) is 48.8 Å². The number of carbonyl (C=O) groups is 2. The lowest BCUT2D eigenvalue weighted by molar-refractivity contribution is -0.137. The fourth-order valence-electron chi connectivity index (χ4n) is 5.47. The van der Waals surface area contributed by atoms with Gasteiger partial charge >= 0.3 is 6.18 Å². The summed E-state index contributed by atoms with van der Waals surface area (Å²) in [5.41, 5.74) is -0.612. The molecule has 0 spiro atoms. The molecule has 0 unspecified atom stereocenters. The van der Waals surface area contributed by atoms with E-state index in [0.717, 1.165) is 18.4 Å². The molecule has 2 aromatic rings. The number of amides is 2. The standard InChI is InChI=1S/C28H28F4N4O4S/c1-41(39,40)19-7-9-23(35-14-16(13-33)15-35)21(12-19)27(38)36-10-2-3-24(36)26(37)34-25(17-4-5-17)20-8-6-18(11-22(20)29)28(30,31)32/h6-9,11-12,16-17,24-25H,2-5,10,14-15H2,1H3,(H,34,37)/t24-,25-/m1/s1. The lowest BCUT2D eigenvalue weighted by Gasteiger charge is -2.39. The summed E-state index contributed by atoms with van der Waals surface area (Å²) in [5, 5.41) is 11.9. The first-order valence-corrected chi connectivity index (χ1v) is 15.1. The van der Waals surface area contributed by atoms with Crippen LogP contribution in [0.1, 0.15) is 53.2 Å². The fourth-order valence-corrected chi connectivity index (χ4v) is 6.12. The number of nitrogens with zero attached hydrogens (tertiary/aromatic N) is 3. The monoisotopic (exact) mass is 592 g/mol. The average Bonchev–Trinajstić information content (AvgIpc) is 3.60. The van der Waals surface area contributed by atoms with Crippen molar-refractivity contribution in [2.24, 2.45) is 11.8 Å². The third kappa shape index (κ3) is 5.88. The Morgan fingerprint density at radius 3 is 2.39 bits per heavy atom. The molecule has 2 heterocycles. The Bertz CT molecular complexity index is 1530. The van der Waals surface area contributed by atoms with Crippen LogP contribution in [0, 0.1) is 29.0 Å². The molecule has 0 aromatic heterocycles.